The Kier molecular flexibility index (Phi) is 6.32. The van der Waals surface area contributed by atoms with Gasteiger partial charge in [-0.25, -0.2) is 4.79 Å². The van der Waals surface area contributed by atoms with Crippen LogP contribution in [0.5, 0.6) is 0 Å². The maximum absolute atomic E-state index is 12.2. The summed E-state index contributed by atoms with van der Waals surface area (Å²) in [5.41, 5.74) is 0.352. The number of carbonyl (C=O) groups is 1. The third-order valence-corrected chi connectivity index (χ3v) is 5.48. The van der Waals surface area contributed by atoms with Gasteiger partial charge in [0.15, 0.2) is 0 Å². The molecule has 3 rings (SSSR count). The van der Waals surface area contributed by atoms with Gasteiger partial charge in [0, 0.05) is 42.8 Å². The summed E-state index contributed by atoms with van der Waals surface area (Å²) in [6.07, 6.45) is -0.322. The Morgan fingerprint density at radius 2 is 1.72 bits per heavy atom. The number of nitrogens with zero attached hydrogens (tertiary/aromatic N) is 3. The smallest absolute Gasteiger partial charge is 0.410 e. The van der Waals surface area contributed by atoms with Crippen LogP contribution in [0.15, 0.2) is 58.3 Å². The fraction of sp³-hybridized carbons (Fsp3) is 0.381. The molecule has 1 aliphatic rings. The van der Waals surface area contributed by atoms with Crippen molar-refractivity contribution in [3.63, 3.8) is 0 Å². The molecule has 0 radical (unpaired) electrons. The molecule has 1 aliphatic heterocycles. The summed E-state index contributed by atoms with van der Waals surface area (Å²) in [4.78, 5) is 28.8. The number of amides is 1. The van der Waals surface area contributed by atoms with Gasteiger partial charge in [-0.2, -0.15) is 0 Å². The zero-order valence-electron chi connectivity index (χ0n) is 16.8. The van der Waals surface area contributed by atoms with Crippen molar-refractivity contribution in [1.29, 1.82) is 0 Å². The first kappa shape index (κ1) is 21.0. The van der Waals surface area contributed by atoms with Crippen molar-refractivity contribution in [2.24, 2.45) is 0 Å². The highest BCUT2D eigenvalue weighted by Gasteiger charge is 2.27. The summed E-state index contributed by atoms with van der Waals surface area (Å²) in [6, 6.07) is 14.9. The van der Waals surface area contributed by atoms with E-state index >= 15 is 0 Å². The van der Waals surface area contributed by atoms with Crippen molar-refractivity contribution in [3.05, 3.63) is 58.6 Å². The van der Waals surface area contributed by atoms with E-state index in [1.165, 1.54) is 11.8 Å². The molecule has 0 saturated carbocycles. The summed E-state index contributed by atoms with van der Waals surface area (Å²) in [6.45, 7) is 7.76. The van der Waals surface area contributed by atoms with E-state index in [9.17, 15) is 14.9 Å². The molecule has 29 heavy (non-hydrogen) atoms. The molecule has 1 heterocycles. The number of ether oxygens (including phenoxy) is 1. The van der Waals surface area contributed by atoms with Crippen molar-refractivity contribution in [2.75, 3.05) is 31.1 Å². The highest BCUT2D eigenvalue weighted by atomic mass is 32.2. The first-order chi connectivity index (χ1) is 13.7. The van der Waals surface area contributed by atoms with E-state index in [4.69, 9.17) is 4.74 Å². The monoisotopic (exact) mass is 415 g/mol. The fourth-order valence-corrected chi connectivity index (χ4v) is 3.94. The molecular formula is C21H25N3O4S. The predicted octanol–water partition coefficient (Wildman–Crippen LogP) is 4.80. The predicted molar refractivity (Wildman–Crippen MR) is 114 cm³/mol. The average Bonchev–Trinajstić information content (AvgIpc) is 2.68. The number of rotatable bonds is 4. The number of hydrogen-bond donors (Lipinski definition) is 0. The van der Waals surface area contributed by atoms with Gasteiger partial charge in [-0.1, -0.05) is 30.0 Å². The van der Waals surface area contributed by atoms with E-state index in [2.05, 4.69) is 4.90 Å². The highest BCUT2D eigenvalue weighted by Crippen LogP contribution is 2.37. The van der Waals surface area contributed by atoms with Crippen LogP contribution in [-0.4, -0.2) is 47.7 Å². The number of piperazine rings is 1. The van der Waals surface area contributed by atoms with E-state index in [1.54, 1.807) is 17.0 Å². The van der Waals surface area contributed by atoms with Gasteiger partial charge < -0.3 is 14.5 Å². The number of hydrogen-bond acceptors (Lipinski definition) is 6. The van der Waals surface area contributed by atoms with E-state index in [0.717, 1.165) is 10.6 Å². The molecule has 2 aromatic carbocycles. The molecule has 0 unspecified atom stereocenters. The average molecular weight is 416 g/mol. The minimum absolute atomic E-state index is 0.0888. The second-order valence-electron chi connectivity index (χ2n) is 7.78. The van der Waals surface area contributed by atoms with Gasteiger partial charge in [-0.15, -0.1) is 0 Å². The number of anilines is 1. The third kappa shape index (κ3) is 5.63. The van der Waals surface area contributed by atoms with Gasteiger partial charge in [0.2, 0.25) is 0 Å². The van der Waals surface area contributed by atoms with Crippen LogP contribution in [0.3, 0.4) is 0 Å². The lowest BCUT2D eigenvalue weighted by Gasteiger charge is -2.36. The number of carbonyl (C=O) groups excluding carboxylic acids is 1. The highest BCUT2D eigenvalue weighted by molar-refractivity contribution is 7.99. The Labute approximate surface area is 174 Å². The maximum Gasteiger partial charge on any atom is 0.410 e. The van der Waals surface area contributed by atoms with Crippen LogP contribution in [0.1, 0.15) is 20.8 Å². The SMILES string of the molecule is CC(C)(C)OC(=O)N1CCN(c2ccc(Sc3ccccc3)c([N+](=O)[O-])c2)CC1. The van der Waals surface area contributed by atoms with E-state index < -0.39 is 5.60 Å². The Bertz CT molecular complexity index is 875. The minimum Gasteiger partial charge on any atom is -0.444 e. The molecule has 0 N–H and O–H groups in total. The van der Waals surface area contributed by atoms with Gasteiger partial charge in [-0.3, -0.25) is 10.1 Å². The van der Waals surface area contributed by atoms with Gasteiger partial charge >= 0.3 is 6.09 Å². The first-order valence-electron chi connectivity index (χ1n) is 9.47. The largest absolute Gasteiger partial charge is 0.444 e. The summed E-state index contributed by atoms with van der Waals surface area (Å²) in [5.74, 6) is 0. The van der Waals surface area contributed by atoms with Crippen LogP contribution >= 0.6 is 11.8 Å². The van der Waals surface area contributed by atoms with Gasteiger partial charge in [0.05, 0.1) is 9.82 Å². The molecule has 8 heteroatoms. The Balaban J connectivity index is 1.69. The van der Waals surface area contributed by atoms with Gasteiger partial charge in [-0.05, 0) is 45.0 Å². The summed E-state index contributed by atoms with van der Waals surface area (Å²) < 4.78 is 5.42. The van der Waals surface area contributed by atoms with Crippen molar-refractivity contribution in [3.8, 4) is 0 Å². The molecule has 1 amide bonds. The normalized spacial score (nSPS) is 14.6. The second-order valence-corrected chi connectivity index (χ2v) is 8.89. The quantitative estimate of drug-likeness (QED) is 0.527. The van der Waals surface area contributed by atoms with Gasteiger partial charge in [0.1, 0.15) is 5.60 Å². The standard InChI is InChI=1S/C21H25N3O4S/c1-21(2,3)28-20(25)23-13-11-22(12-14-23)16-9-10-19(18(15-16)24(26)27)29-17-7-5-4-6-8-17/h4-10,15H,11-14H2,1-3H3. The third-order valence-electron chi connectivity index (χ3n) is 4.41. The first-order valence-corrected chi connectivity index (χ1v) is 10.3. The molecule has 0 aliphatic carbocycles. The van der Waals surface area contributed by atoms with Crippen LogP contribution in [0.4, 0.5) is 16.2 Å². The lowest BCUT2D eigenvalue weighted by atomic mass is 10.2. The zero-order valence-corrected chi connectivity index (χ0v) is 17.6. The molecule has 1 saturated heterocycles. The van der Waals surface area contributed by atoms with Crippen LogP contribution in [0.25, 0.3) is 0 Å². The van der Waals surface area contributed by atoms with Crippen molar-refractivity contribution >= 4 is 29.2 Å². The molecule has 1 fully saturated rings. The molecule has 7 nitrogen and oxygen atoms in total. The van der Waals surface area contributed by atoms with Crippen LogP contribution < -0.4 is 4.90 Å². The Morgan fingerprint density at radius 3 is 2.31 bits per heavy atom. The Hall–Kier alpha value is -2.74. The van der Waals surface area contributed by atoms with E-state index in [0.29, 0.717) is 31.1 Å². The second kappa shape index (κ2) is 8.73. The molecular weight excluding hydrogens is 390 g/mol. The van der Waals surface area contributed by atoms with Crippen molar-refractivity contribution in [2.45, 2.75) is 36.2 Å². The van der Waals surface area contributed by atoms with Crippen LogP contribution in [0, 0.1) is 10.1 Å². The summed E-state index contributed by atoms with van der Waals surface area (Å²) in [5, 5.41) is 11.6. The molecule has 0 aromatic heterocycles. The zero-order chi connectivity index (χ0) is 21.0. The van der Waals surface area contributed by atoms with Crippen molar-refractivity contribution in [1.82, 2.24) is 4.90 Å². The fourth-order valence-electron chi connectivity index (χ4n) is 3.02. The lowest BCUT2D eigenvalue weighted by molar-refractivity contribution is -0.387. The molecule has 2 aromatic rings. The van der Waals surface area contributed by atoms with Crippen molar-refractivity contribution < 1.29 is 14.5 Å². The maximum atomic E-state index is 12.2. The molecule has 154 valence electrons. The minimum atomic E-state index is -0.527. The topological polar surface area (TPSA) is 75.9 Å². The van der Waals surface area contributed by atoms with Gasteiger partial charge in [0.25, 0.3) is 5.69 Å². The molecule has 0 bridgehead atoms. The van der Waals surface area contributed by atoms with E-state index in [1.807, 2.05) is 57.2 Å². The Morgan fingerprint density at radius 1 is 1.07 bits per heavy atom. The van der Waals surface area contributed by atoms with Crippen LogP contribution in [0.2, 0.25) is 0 Å². The number of benzene rings is 2. The lowest BCUT2D eigenvalue weighted by Crippen LogP contribution is -2.50. The number of nitro groups is 1. The number of nitro benzene ring substituents is 1. The molecule has 0 spiro atoms. The molecule has 0 atom stereocenters. The summed E-state index contributed by atoms with van der Waals surface area (Å²) >= 11 is 1.38. The van der Waals surface area contributed by atoms with Crippen LogP contribution in [-0.2, 0) is 4.74 Å². The van der Waals surface area contributed by atoms with E-state index in [-0.39, 0.29) is 16.7 Å². The summed E-state index contributed by atoms with van der Waals surface area (Å²) in [7, 11) is 0.